The van der Waals surface area contributed by atoms with Crippen molar-refractivity contribution in [2.24, 2.45) is 0 Å². The van der Waals surface area contributed by atoms with E-state index >= 15 is 0 Å². The number of hydrogen-bond donors (Lipinski definition) is 3. The molecule has 0 heterocycles. The van der Waals surface area contributed by atoms with Gasteiger partial charge in [-0.1, -0.05) is 417 Å². The standard InChI is InChI=1S/C75H147NO3/c1-3-5-7-9-11-13-15-17-19-21-23-25-27-29-31-33-35-37-39-41-43-45-47-49-51-53-55-57-59-61-63-65-67-69-71-75(79)76-73(72-77)74(78)70-68-66-64-62-60-58-56-54-52-50-48-46-44-42-40-38-36-34-32-30-28-26-24-22-20-18-16-14-12-10-8-6-4-2/h60,62,68,70,73-74,77-78H,3-59,61,63-67,69,71-72H2,1-2H3,(H,76,79)/b62-60+,70-68+. The molecule has 470 valence electrons. The number of aliphatic hydroxyl groups is 2. The molecule has 4 nitrogen and oxygen atoms in total. The van der Waals surface area contributed by atoms with Crippen LogP contribution in [0.1, 0.15) is 431 Å². The average Bonchev–Trinajstić information content (AvgIpc) is 3.45. The Labute approximate surface area is 498 Å². The van der Waals surface area contributed by atoms with Crippen LogP contribution >= 0.6 is 0 Å². The number of carbonyl (C=O) groups excluding carboxylic acids is 1. The van der Waals surface area contributed by atoms with E-state index in [2.05, 4.69) is 31.3 Å². The van der Waals surface area contributed by atoms with E-state index in [0.717, 1.165) is 32.1 Å². The van der Waals surface area contributed by atoms with Crippen LogP contribution in [0.4, 0.5) is 0 Å². The fourth-order valence-electron chi connectivity index (χ4n) is 12.1. The Morgan fingerprint density at radius 3 is 0.734 bits per heavy atom. The zero-order chi connectivity index (χ0) is 56.9. The molecule has 0 aromatic rings. The van der Waals surface area contributed by atoms with Crippen LogP contribution in [0.15, 0.2) is 24.3 Å². The van der Waals surface area contributed by atoms with Gasteiger partial charge in [-0.25, -0.2) is 0 Å². The normalized spacial score (nSPS) is 12.7. The van der Waals surface area contributed by atoms with E-state index < -0.39 is 12.1 Å². The van der Waals surface area contributed by atoms with E-state index in [4.69, 9.17) is 0 Å². The fraction of sp³-hybridized carbons (Fsp3) is 0.933. The summed E-state index contributed by atoms with van der Waals surface area (Å²) < 4.78 is 0. The Hall–Kier alpha value is -1.13. The minimum atomic E-state index is -0.862. The summed E-state index contributed by atoms with van der Waals surface area (Å²) in [7, 11) is 0. The molecule has 3 N–H and O–H groups in total. The number of hydrogen-bond acceptors (Lipinski definition) is 3. The summed E-state index contributed by atoms with van der Waals surface area (Å²) >= 11 is 0. The van der Waals surface area contributed by atoms with Gasteiger partial charge in [0.15, 0.2) is 0 Å². The maximum Gasteiger partial charge on any atom is 0.220 e. The first-order valence-electron chi connectivity index (χ1n) is 37.1. The highest BCUT2D eigenvalue weighted by molar-refractivity contribution is 5.76. The van der Waals surface area contributed by atoms with Crippen LogP contribution in [0.3, 0.4) is 0 Å². The van der Waals surface area contributed by atoms with Crippen molar-refractivity contribution in [1.29, 1.82) is 0 Å². The van der Waals surface area contributed by atoms with Gasteiger partial charge >= 0.3 is 0 Å². The van der Waals surface area contributed by atoms with Crippen molar-refractivity contribution in [2.45, 2.75) is 443 Å². The van der Waals surface area contributed by atoms with Crippen LogP contribution < -0.4 is 5.32 Å². The van der Waals surface area contributed by atoms with E-state index in [1.807, 2.05) is 6.08 Å². The SMILES string of the molecule is CCCCCCCCCCCCCCCCCCCCCCCCCCCCC/C=C/CC/C=C/C(O)C(CO)NC(=O)CCCCCCCCCCCCCCCCCCCCCCCCCCCCCCCCCCCC. The van der Waals surface area contributed by atoms with Crippen LogP contribution in [0.5, 0.6) is 0 Å². The second kappa shape index (κ2) is 71.1. The second-order valence-corrected chi connectivity index (χ2v) is 25.7. The molecule has 0 aliphatic heterocycles. The van der Waals surface area contributed by atoms with Crippen LogP contribution in [0, 0.1) is 0 Å². The lowest BCUT2D eigenvalue weighted by atomic mass is 10.0. The molecule has 0 saturated carbocycles. The third-order valence-electron chi connectivity index (χ3n) is 17.7. The smallest absolute Gasteiger partial charge is 0.220 e. The minimum Gasteiger partial charge on any atom is -0.394 e. The molecule has 4 heteroatoms. The molecule has 2 unspecified atom stereocenters. The molecule has 0 fully saturated rings. The van der Waals surface area contributed by atoms with Crippen molar-refractivity contribution >= 4 is 5.91 Å². The van der Waals surface area contributed by atoms with E-state index in [1.54, 1.807) is 6.08 Å². The van der Waals surface area contributed by atoms with Gasteiger partial charge in [0.25, 0.3) is 0 Å². The van der Waals surface area contributed by atoms with Crippen LogP contribution in [-0.2, 0) is 4.79 Å². The maximum absolute atomic E-state index is 12.5. The Morgan fingerprint density at radius 2 is 0.494 bits per heavy atom. The van der Waals surface area contributed by atoms with Gasteiger partial charge in [0, 0.05) is 6.42 Å². The summed E-state index contributed by atoms with van der Waals surface area (Å²) in [4.78, 5) is 12.5. The van der Waals surface area contributed by atoms with Crippen molar-refractivity contribution in [1.82, 2.24) is 5.32 Å². The average molecular weight is 1110 g/mol. The quantitative estimate of drug-likeness (QED) is 0.0420. The number of aliphatic hydroxyl groups excluding tert-OH is 2. The highest BCUT2D eigenvalue weighted by Crippen LogP contribution is 2.20. The Kier molecular flexibility index (Phi) is 70.1. The molecule has 0 aliphatic carbocycles. The van der Waals surface area contributed by atoms with Crippen molar-refractivity contribution in [2.75, 3.05) is 6.61 Å². The van der Waals surface area contributed by atoms with Crippen LogP contribution in [-0.4, -0.2) is 34.9 Å². The van der Waals surface area contributed by atoms with Gasteiger partial charge in [0.05, 0.1) is 18.8 Å². The van der Waals surface area contributed by atoms with Crippen LogP contribution in [0.2, 0.25) is 0 Å². The number of carbonyl (C=O) groups is 1. The molecule has 0 radical (unpaired) electrons. The Bertz CT molecular complexity index is 1170. The molecule has 0 aromatic carbocycles. The monoisotopic (exact) mass is 1110 g/mol. The summed E-state index contributed by atoms with van der Waals surface area (Å²) in [6, 6.07) is -0.638. The van der Waals surface area contributed by atoms with E-state index in [9.17, 15) is 15.0 Å². The molecule has 0 rings (SSSR count). The predicted octanol–water partition coefficient (Wildman–Crippen LogP) is 25.3. The van der Waals surface area contributed by atoms with Crippen molar-refractivity contribution in [3.63, 3.8) is 0 Å². The lowest BCUT2D eigenvalue weighted by Crippen LogP contribution is -2.45. The van der Waals surface area contributed by atoms with Crippen molar-refractivity contribution < 1.29 is 15.0 Å². The summed E-state index contributed by atoms with van der Waals surface area (Å²) in [5.41, 5.74) is 0. The number of amides is 1. The molecule has 0 spiro atoms. The van der Waals surface area contributed by atoms with Gasteiger partial charge in [-0.2, -0.15) is 0 Å². The summed E-state index contributed by atoms with van der Waals surface area (Å²) in [5.74, 6) is -0.0634. The first kappa shape index (κ1) is 77.9. The predicted molar refractivity (Wildman–Crippen MR) is 355 cm³/mol. The molecule has 0 aromatic heterocycles. The largest absolute Gasteiger partial charge is 0.394 e. The maximum atomic E-state index is 12.5. The summed E-state index contributed by atoms with van der Waals surface area (Å²) in [6.45, 7) is 4.36. The molecule has 79 heavy (non-hydrogen) atoms. The molecular formula is C75H147NO3. The third kappa shape index (κ3) is 67.5. The zero-order valence-corrected chi connectivity index (χ0v) is 54.4. The zero-order valence-electron chi connectivity index (χ0n) is 54.4. The fourth-order valence-corrected chi connectivity index (χ4v) is 12.1. The Balaban J connectivity index is 3.41. The molecular weight excluding hydrogens is 963 g/mol. The number of allylic oxidation sites excluding steroid dienone is 3. The third-order valence-corrected chi connectivity index (χ3v) is 17.7. The van der Waals surface area contributed by atoms with E-state index in [0.29, 0.717) is 6.42 Å². The number of nitrogens with one attached hydrogen (secondary N) is 1. The number of rotatable bonds is 70. The van der Waals surface area contributed by atoms with Crippen molar-refractivity contribution in [3.05, 3.63) is 24.3 Å². The molecule has 0 saturated heterocycles. The molecule has 1 amide bonds. The van der Waals surface area contributed by atoms with E-state index in [1.165, 1.54) is 379 Å². The first-order chi connectivity index (χ1) is 39.2. The molecule has 2 atom stereocenters. The summed E-state index contributed by atoms with van der Waals surface area (Å²) in [5, 5.41) is 23.3. The topological polar surface area (TPSA) is 69.6 Å². The lowest BCUT2D eigenvalue weighted by Gasteiger charge is -2.19. The van der Waals surface area contributed by atoms with Gasteiger partial charge in [0.1, 0.15) is 0 Å². The Morgan fingerprint density at radius 1 is 0.291 bits per heavy atom. The van der Waals surface area contributed by atoms with Crippen molar-refractivity contribution in [3.8, 4) is 0 Å². The molecule has 0 bridgehead atoms. The minimum absolute atomic E-state index is 0.0634. The van der Waals surface area contributed by atoms with Gasteiger partial charge in [0.2, 0.25) is 5.91 Å². The van der Waals surface area contributed by atoms with Gasteiger partial charge in [-0.3, -0.25) is 4.79 Å². The van der Waals surface area contributed by atoms with Gasteiger partial charge in [-0.15, -0.1) is 0 Å². The number of unbranched alkanes of at least 4 members (excludes halogenated alkanes) is 61. The second-order valence-electron chi connectivity index (χ2n) is 25.7. The van der Waals surface area contributed by atoms with Crippen LogP contribution in [0.25, 0.3) is 0 Å². The van der Waals surface area contributed by atoms with Gasteiger partial charge in [-0.05, 0) is 32.1 Å². The lowest BCUT2D eigenvalue weighted by molar-refractivity contribution is -0.123. The molecule has 0 aliphatic rings. The van der Waals surface area contributed by atoms with Gasteiger partial charge < -0.3 is 15.5 Å². The first-order valence-corrected chi connectivity index (χ1v) is 37.1. The summed E-state index contributed by atoms with van der Waals surface area (Å²) in [6.07, 6.45) is 97.3. The highest BCUT2D eigenvalue weighted by Gasteiger charge is 2.18. The highest BCUT2D eigenvalue weighted by atomic mass is 16.3. The van der Waals surface area contributed by atoms with E-state index in [-0.39, 0.29) is 12.5 Å².